The van der Waals surface area contributed by atoms with Crippen LogP contribution in [-0.2, 0) is 0 Å². The molecule has 0 radical (unpaired) electrons. The van der Waals surface area contributed by atoms with Gasteiger partial charge in [0.05, 0.1) is 7.11 Å². The summed E-state index contributed by atoms with van der Waals surface area (Å²) in [7, 11) is 3.67. The highest BCUT2D eigenvalue weighted by atomic mass is 16.5. The van der Waals surface area contributed by atoms with Gasteiger partial charge in [0.2, 0.25) is 5.75 Å². The molecule has 0 amide bonds. The van der Waals surface area contributed by atoms with Crippen LogP contribution in [0.2, 0.25) is 0 Å². The first-order valence-corrected chi connectivity index (χ1v) is 6.18. The van der Waals surface area contributed by atoms with Crippen LogP contribution in [0.4, 0.5) is 11.6 Å². The van der Waals surface area contributed by atoms with Gasteiger partial charge in [-0.15, -0.1) is 0 Å². The molecule has 1 aromatic rings. The van der Waals surface area contributed by atoms with Gasteiger partial charge in [-0.1, -0.05) is 6.92 Å². The Hall–Kier alpha value is -1.56. The molecule has 6 heteroatoms. The summed E-state index contributed by atoms with van der Waals surface area (Å²) in [5.74, 6) is 1.50. The maximum atomic E-state index is 5.71. The molecule has 0 aliphatic carbocycles. The number of nitrogens with zero attached hydrogens (tertiary/aromatic N) is 3. The van der Waals surface area contributed by atoms with Gasteiger partial charge in [-0.05, 0) is 20.4 Å². The molecule has 0 saturated carbocycles. The molecule has 18 heavy (non-hydrogen) atoms. The summed E-state index contributed by atoms with van der Waals surface area (Å²) >= 11 is 0. The standard InChI is InChI=1S/C12H23N5O/c1-5-9(2)17(3)7-6-14-12-10(18-4)11(13)15-8-16-12/h8-9H,5-7H2,1-4H3,(H3,13,14,15,16). The number of rotatable bonds is 7. The lowest BCUT2D eigenvalue weighted by molar-refractivity contribution is 0.261. The van der Waals surface area contributed by atoms with Gasteiger partial charge in [-0.3, -0.25) is 0 Å². The third-order valence-electron chi connectivity index (χ3n) is 3.14. The van der Waals surface area contributed by atoms with Crippen LogP contribution < -0.4 is 15.8 Å². The molecular weight excluding hydrogens is 230 g/mol. The van der Waals surface area contributed by atoms with Crippen LogP contribution >= 0.6 is 0 Å². The topological polar surface area (TPSA) is 76.3 Å². The minimum Gasteiger partial charge on any atom is -0.490 e. The van der Waals surface area contributed by atoms with E-state index in [-0.39, 0.29) is 0 Å². The van der Waals surface area contributed by atoms with Crippen LogP contribution in [0.3, 0.4) is 0 Å². The van der Waals surface area contributed by atoms with Crippen molar-refractivity contribution in [2.24, 2.45) is 0 Å². The molecule has 0 spiro atoms. The highest BCUT2D eigenvalue weighted by molar-refractivity contribution is 5.61. The van der Waals surface area contributed by atoms with Crippen molar-refractivity contribution in [3.8, 4) is 5.75 Å². The van der Waals surface area contributed by atoms with Crippen LogP contribution in [0.25, 0.3) is 0 Å². The highest BCUT2D eigenvalue weighted by Crippen LogP contribution is 2.25. The van der Waals surface area contributed by atoms with E-state index in [9.17, 15) is 0 Å². The number of methoxy groups -OCH3 is 1. The Bertz CT molecular complexity index is 371. The van der Waals surface area contributed by atoms with Crippen molar-refractivity contribution < 1.29 is 4.74 Å². The summed E-state index contributed by atoms with van der Waals surface area (Å²) < 4.78 is 5.18. The van der Waals surface area contributed by atoms with E-state index in [0.717, 1.165) is 19.5 Å². The largest absolute Gasteiger partial charge is 0.490 e. The Morgan fingerprint density at radius 3 is 2.83 bits per heavy atom. The minimum absolute atomic E-state index is 0.352. The van der Waals surface area contributed by atoms with E-state index in [1.54, 1.807) is 7.11 Å². The molecule has 0 bridgehead atoms. The predicted octanol–water partition coefficient (Wildman–Crippen LogP) is 1.21. The van der Waals surface area contributed by atoms with Crippen LogP contribution in [0.5, 0.6) is 5.75 Å². The first kappa shape index (κ1) is 14.5. The first-order chi connectivity index (χ1) is 8.60. The van der Waals surface area contributed by atoms with E-state index < -0.39 is 0 Å². The maximum Gasteiger partial charge on any atom is 0.203 e. The van der Waals surface area contributed by atoms with Crippen LogP contribution in [0.1, 0.15) is 20.3 Å². The molecule has 0 aliphatic rings. The molecular formula is C12H23N5O. The van der Waals surface area contributed by atoms with Gasteiger partial charge in [0, 0.05) is 19.1 Å². The molecule has 0 fully saturated rings. The molecule has 3 N–H and O–H groups in total. The zero-order valence-corrected chi connectivity index (χ0v) is 11.6. The number of nitrogens with one attached hydrogen (secondary N) is 1. The summed E-state index contributed by atoms with van der Waals surface area (Å²) in [5, 5.41) is 3.22. The average Bonchev–Trinajstić information content (AvgIpc) is 2.37. The van der Waals surface area contributed by atoms with Gasteiger partial charge in [0.25, 0.3) is 0 Å². The van der Waals surface area contributed by atoms with Crippen molar-refractivity contribution in [3.63, 3.8) is 0 Å². The number of likely N-dealkylation sites (N-methyl/N-ethyl adjacent to an activating group) is 1. The fourth-order valence-electron chi connectivity index (χ4n) is 1.60. The molecule has 1 aromatic heterocycles. The molecule has 0 saturated heterocycles. The summed E-state index contributed by atoms with van der Waals surface area (Å²) in [6.45, 7) is 6.11. The zero-order chi connectivity index (χ0) is 13.5. The molecule has 1 unspecified atom stereocenters. The Morgan fingerprint density at radius 2 is 2.22 bits per heavy atom. The highest BCUT2D eigenvalue weighted by Gasteiger charge is 2.10. The quantitative estimate of drug-likeness (QED) is 0.760. The lowest BCUT2D eigenvalue weighted by atomic mass is 10.2. The van der Waals surface area contributed by atoms with E-state index in [1.165, 1.54) is 6.33 Å². The number of nitrogen functional groups attached to an aromatic ring is 1. The summed E-state index contributed by atoms with van der Waals surface area (Å²) in [4.78, 5) is 10.3. The third kappa shape index (κ3) is 3.73. The van der Waals surface area contributed by atoms with Gasteiger partial charge < -0.3 is 20.7 Å². The number of nitrogens with two attached hydrogens (primary N) is 1. The molecule has 0 aliphatic heterocycles. The van der Waals surface area contributed by atoms with E-state index in [0.29, 0.717) is 23.4 Å². The minimum atomic E-state index is 0.352. The van der Waals surface area contributed by atoms with E-state index >= 15 is 0 Å². The fraction of sp³-hybridized carbons (Fsp3) is 0.667. The molecule has 1 heterocycles. The Labute approximate surface area is 109 Å². The molecule has 1 rings (SSSR count). The Morgan fingerprint density at radius 1 is 1.50 bits per heavy atom. The number of hydrogen-bond acceptors (Lipinski definition) is 6. The summed E-state index contributed by atoms with van der Waals surface area (Å²) in [6.07, 6.45) is 2.57. The molecule has 0 aromatic carbocycles. The number of aromatic nitrogens is 2. The molecule has 1 atom stereocenters. The number of hydrogen-bond donors (Lipinski definition) is 2. The Kier molecular flexibility index (Phi) is 5.64. The second kappa shape index (κ2) is 7.00. The fourth-order valence-corrected chi connectivity index (χ4v) is 1.60. The van der Waals surface area contributed by atoms with Crippen molar-refractivity contribution >= 4 is 11.6 Å². The maximum absolute atomic E-state index is 5.71. The average molecular weight is 253 g/mol. The van der Waals surface area contributed by atoms with Gasteiger partial charge in [-0.2, -0.15) is 0 Å². The van der Waals surface area contributed by atoms with Crippen LogP contribution in [0.15, 0.2) is 6.33 Å². The Balaban J connectivity index is 2.51. The lowest BCUT2D eigenvalue weighted by Crippen LogP contribution is -2.32. The van der Waals surface area contributed by atoms with Crippen molar-refractivity contribution in [2.75, 3.05) is 38.3 Å². The van der Waals surface area contributed by atoms with Crippen molar-refractivity contribution in [1.82, 2.24) is 14.9 Å². The second-order valence-corrected chi connectivity index (χ2v) is 4.31. The summed E-state index contributed by atoms with van der Waals surface area (Å²) in [6, 6.07) is 0.573. The predicted molar refractivity (Wildman–Crippen MR) is 73.9 cm³/mol. The van der Waals surface area contributed by atoms with Gasteiger partial charge in [0.15, 0.2) is 11.6 Å². The lowest BCUT2D eigenvalue weighted by Gasteiger charge is -2.23. The van der Waals surface area contributed by atoms with Crippen molar-refractivity contribution in [1.29, 1.82) is 0 Å². The molecule has 102 valence electrons. The van der Waals surface area contributed by atoms with Gasteiger partial charge >= 0.3 is 0 Å². The first-order valence-electron chi connectivity index (χ1n) is 6.18. The third-order valence-corrected chi connectivity index (χ3v) is 3.14. The van der Waals surface area contributed by atoms with E-state index in [1.807, 2.05) is 0 Å². The van der Waals surface area contributed by atoms with Crippen LogP contribution in [-0.4, -0.2) is 48.2 Å². The molecule has 6 nitrogen and oxygen atoms in total. The number of anilines is 2. The monoisotopic (exact) mass is 253 g/mol. The number of ether oxygens (including phenoxy) is 1. The normalized spacial score (nSPS) is 12.5. The second-order valence-electron chi connectivity index (χ2n) is 4.31. The van der Waals surface area contributed by atoms with Gasteiger partial charge in [0.1, 0.15) is 6.33 Å². The van der Waals surface area contributed by atoms with Gasteiger partial charge in [-0.25, -0.2) is 9.97 Å². The summed E-state index contributed by atoms with van der Waals surface area (Å²) in [5.41, 5.74) is 5.71. The van der Waals surface area contributed by atoms with Crippen molar-refractivity contribution in [2.45, 2.75) is 26.3 Å². The SMILES string of the molecule is CCC(C)N(C)CCNc1ncnc(N)c1OC. The van der Waals surface area contributed by atoms with Crippen LogP contribution in [0, 0.1) is 0 Å². The van der Waals surface area contributed by atoms with E-state index in [2.05, 4.69) is 41.1 Å². The van der Waals surface area contributed by atoms with Crippen molar-refractivity contribution in [3.05, 3.63) is 6.33 Å². The smallest absolute Gasteiger partial charge is 0.203 e. The zero-order valence-electron chi connectivity index (χ0n) is 11.6. The van der Waals surface area contributed by atoms with E-state index in [4.69, 9.17) is 10.5 Å².